The van der Waals surface area contributed by atoms with E-state index in [2.05, 4.69) is 20.7 Å². The van der Waals surface area contributed by atoms with Gasteiger partial charge in [-0.05, 0) is 35.0 Å². The van der Waals surface area contributed by atoms with Crippen molar-refractivity contribution in [2.75, 3.05) is 0 Å². The van der Waals surface area contributed by atoms with E-state index in [-0.39, 0.29) is 5.75 Å². The van der Waals surface area contributed by atoms with E-state index >= 15 is 0 Å². The fourth-order valence-corrected chi connectivity index (χ4v) is 2.75. The lowest BCUT2D eigenvalue weighted by atomic mass is 10.1. The van der Waals surface area contributed by atoms with Gasteiger partial charge in [-0.1, -0.05) is 48.5 Å². The molecule has 6 heteroatoms. The van der Waals surface area contributed by atoms with Crippen molar-refractivity contribution < 1.29 is 9.90 Å². The Labute approximate surface area is 155 Å². The number of aromatic nitrogens is 2. The van der Waals surface area contributed by atoms with Gasteiger partial charge in [-0.2, -0.15) is 10.2 Å². The molecule has 1 amide bonds. The standard InChI is InChI=1S/C21H16N4O2/c26-20-8-4-3-7-17(20)13-22-25-21(27)19-12-18(23-24-19)16-10-9-14-5-1-2-6-15(14)11-16/h1-13,26H,(H,23,24)(H,25,27)/b22-13-. The molecule has 27 heavy (non-hydrogen) atoms. The lowest BCUT2D eigenvalue weighted by Crippen LogP contribution is -2.18. The fraction of sp³-hybridized carbons (Fsp3) is 0. The molecule has 0 bridgehead atoms. The first-order valence-electron chi connectivity index (χ1n) is 8.37. The zero-order valence-corrected chi connectivity index (χ0v) is 14.3. The van der Waals surface area contributed by atoms with Crippen LogP contribution in [0.2, 0.25) is 0 Å². The quantitative estimate of drug-likeness (QED) is 0.385. The van der Waals surface area contributed by atoms with Gasteiger partial charge in [-0.15, -0.1) is 0 Å². The number of carbonyl (C=O) groups is 1. The molecule has 1 aromatic heterocycles. The highest BCUT2D eigenvalue weighted by Crippen LogP contribution is 2.23. The number of para-hydroxylation sites is 1. The molecular formula is C21H16N4O2. The normalized spacial score (nSPS) is 11.1. The van der Waals surface area contributed by atoms with Gasteiger partial charge in [0.2, 0.25) is 0 Å². The maximum absolute atomic E-state index is 12.2. The van der Waals surface area contributed by atoms with Crippen LogP contribution in [0.5, 0.6) is 5.75 Å². The summed E-state index contributed by atoms with van der Waals surface area (Å²) in [6, 6.07) is 22.5. The maximum Gasteiger partial charge on any atom is 0.289 e. The van der Waals surface area contributed by atoms with Gasteiger partial charge < -0.3 is 5.11 Å². The van der Waals surface area contributed by atoms with Crippen LogP contribution in [0.15, 0.2) is 77.9 Å². The predicted molar refractivity (Wildman–Crippen MR) is 105 cm³/mol. The molecule has 132 valence electrons. The van der Waals surface area contributed by atoms with Crippen molar-refractivity contribution >= 4 is 22.9 Å². The van der Waals surface area contributed by atoms with Crippen molar-refractivity contribution in [3.63, 3.8) is 0 Å². The summed E-state index contributed by atoms with van der Waals surface area (Å²) >= 11 is 0. The van der Waals surface area contributed by atoms with Crippen molar-refractivity contribution in [2.24, 2.45) is 5.10 Å². The first-order valence-corrected chi connectivity index (χ1v) is 8.37. The van der Waals surface area contributed by atoms with Crippen LogP contribution in [-0.4, -0.2) is 27.4 Å². The minimum absolute atomic E-state index is 0.0932. The number of rotatable bonds is 4. The van der Waals surface area contributed by atoms with Crippen molar-refractivity contribution in [3.05, 3.63) is 84.1 Å². The lowest BCUT2D eigenvalue weighted by Gasteiger charge is -2.00. The zero-order valence-electron chi connectivity index (χ0n) is 14.3. The van der Waals surface area contributed by atoms with E-state index in [1.807, 2.05) is 42.5 Å². The third-order valence-electron chi connectivity index (χ3n) is 4.17. The lowest BCUT2D eigenvalue weighted by molar-refractivity contribution is 0.0950. The van der Waals surface area contributed by atoms with Crippen LogP contribution in [0, 0.1) is 0 Å². The molecule has 0 radical (unpaired) electrons. The Morgan fingerprint density at radius 1 is 1.00 bits per heavy atom. The van der Waals surface area contributed by atoms with Gasteiger partial charge in [0.15, 0.2) is 0 Å². The number of phenols is 1. The third kappa shape index (κ3) is 3.55. The van der Waals surface area contributed by atoms with Crippen molar-refractivity contribution in [2.45, 2.75) is 0 Å². The number of hydrogen-bond acceptors (Lipinski definition) is 4. The molecule has 0 fully saturated rings. The molecule has 3 N–H and O–H groups in total. The number of nitrogens with zero attached hydrogens (tertiary/aromatic N) is 2. The number of aromatic amines is 1. The minimum Gasteiger partial charge on any atom is -0.507 e. The summed E-state index contributed by atoms with van der Waals surface area (Å²) in [5.41, 5.74) is 4.82. The highest BCUT2D eigenvalue weighted by atomic mass is 16.3. The average Bonchev–Trinajstić information content (AvgIpc) is 3.19. The van der Waals surface area contributed by atoms with E-state index in [4.69, 9.17) is 0 Å². The number of nitrogens with one attached hydrogen (secondary N) is 2. The number of aromatic hydroxyl groups is 1. The van der Waals surface area contributed by atoms with Gasteiger partial charge in [-0.25, -0.2) is 5.43 Å². The Hall–Kier alpha value is -3.93. The van der Waals surface area contributed by atoms with Crippen molar-refractivity contribution in [1.29, 1.82) is 0 Å². The molecule has 0 aliphatic heterocycles. The number of fused-ring (bicyclic) bond motifs is 1. The third-order valence-corrected chi connectivity index (χ3v) is 4.17. The molecular weight excluding hydrogens is 340 g/mol. The van der Waals surface area contributed by atoms with Gasteiger partial charge in [0.05, 0.1) is 11.9 Å². The Morgan fingerprint density at radius 3 is 2.63 bits per heavy atom. The summed E-state index contributed by atoms with van der Waals surface area (Å²) in [5, 5.41) is 22.7. The first kappa shape index (κ1) is 16.5. The molecule has 0 saturated heterocycles. The number of benzene rings is 3. The van der Waals surface area contributed by atoms with E-state index < -0.39 is 5.91 Å². The number of carbonyl (C=O) groups excluding carboxylic acids is 1. The molecule has 0 atom stereocenters. The molecule has 4 rings (SSSR count). The SMILES string of the molecule is O=C(N/N=C\c1ccccc1O)c1cc(-c2ccc3ccccc3c2)n[nH]1. The summed E-state index contributed by atoms with van der Waals surface area (Å²) in [5.74, 6) is -0.322. The van der Waals surface area contributed by atoms with Crippen molar-refractivity contribution in [1.82, 2.24) is 15.6 Å². The van der Waals surface area contributed by atoms with E-state index in [1.165, 1.54) is 6.21 Å². The highest BCUT2D eigenvalue weighted by molar-refractivity contribution is 5.95. The van der Waals surface area contributed by atoms with E-state index in [0.29, 0.717) is 17.0 Å². The monoisotopic (exact) mass is 356 g/mol. The van der Waals surface area contributed by atoms with Crippen LogP contribution in [0.25, 0.3) is 22.0 Å². The summed E-state index contributed by atoms with van der Waals surface area (Å²) in [4.78, 5) is 12.2. The Balaban J connectivity index is 1.49. The molecule has 6 nitrogen and oxygen atoms in total. The Kier molecular flexibility index (Phi) is 4.37. The molecule has 3 aromatic carbocycles. The Bertz CT molecular complexity index is 1150. The van der Waals surface area contributed by atoms with Crippen LogP contribution in [0.4, 0.5) is 0 Å². The van der Waals surface area contributed by atoms with Crippen molar-refractivity contribution in [3.8, 4) is 17.0 Å². The topological polar surface area (TPSA) is 90.4 Å². The predicted octanol–water partition coefficient (Wildman–Crippen LogP) is 3.70. The molecule has 0 spiro atoms. The molecule has 0 aliphatic rings. The van der Waals surface area contributed by atoms with Gasteiger partial charge >= 0.3 is 0 Å². The van der Waals surface area contributed by atoms with E-state index in [1.54, 1.807) is 30.3 Å². The van der Waals surface area contributed by atoms with Crippen LogP contribution in [0.3, 0.4) is 0 Å². The molecule has 0 unspecified atom stereocenters. The Morgan fingerprint density at radius 2 is 1.78 bits per heavy atom. The molecule has 0 aliphatic carbocycles. The van der Waals surface area contributed by atoms with Gasteiger partial charge in [0.25, 0.3) is 5.91 Å². The first-order chi connectivity index (χ1) is 13.2. The zero-order chi connectivity index (χ0) is 18.6. The number of amides is 1. The van der Waals surface area contributed by atoms with Gasteiger partial charge in [-0.3, -0.25) is 9.89 Å². The summed E-state index contributed by atoms with van der Waals surface area (Å²) in [6.45, 7) is 0. The fourth-order valence-electron chi connectivity index (χ4n) is 2.75. The summed E-state index contributed by atoms with van der Waals surface area (Å²) < 4.78 is 0. The number of hydrogen-bond donors (Lipinski definition) is 3. The minimum atomic E-state index is -0.416. The molecule has 1 heterocycles. The number of H-pyrrole nitrogens is 1. The van der Waals surface area contributed by atoms with Crippen LogP contribution in [-0.2, 0) is 0 Å². The smallest absolute Gasteiger partial charge is 0.289 e. The van der Waals surface area contributed by atoms with Crippen LogP contribution < -0.4 is 5.43 Å². The molecule has 4 aromatic rings. The van der Waals surface area contributed by atoms with Crippen LogP contribution >= 0.6 is 0 Å². The van der Waals surface area contributed by atoms with Crippen LogP contribution in [0.1, 0.15) is 16.1 Å². The van der Waals surface area contributed by atoms with E-state index in [9.17, 15) is 9.90 Å². The average molecular weight is 356 g/mol. The second-order valence-electron chi connectivity index (χ2n) is 5.99. The summed E-state index contributed by atoms with van der Waals surface area (Å²) in [7, 11) is 0. The largest absolute Gasteiger partial charge is 0.507 e. The second-order valence-corrected chi connectivity index (χ2v) is 5.99. The number of hydrazone groups is 1. The molecule has 0 saturated carbocycles. The van der Waals surface area contributed by atoms with E-state index in [0.717, 1.165) is 16.3 Å². The van der Waals surface area contributed by atoms with Gasteiger partial charge in [0, 0.05) is 11.1 Å². The number of phenolic OH excluding ortho intramolecular Hbond substituents is 1. The highest BCUT2D eigenvalue weighted by Gasteiger charge is 2.11. The second kappa shape index (κ2) is 7.13. The van der Waals surface area contributed by atoms with Gasteiger partial charge in [0.1, 0.15) is 11.4 Å². The summed E-state index contributed by atoms with van der Waals surface area (Å²) in [6.07, 6.45) is 1.38. The maximum atomic E-state index is 12.2.